The Labute approximate surface area is 147 Å². The Bertz CT molecular complexity index is 541. The third kappa shape index (κ3) is 6.69. The predicted molar refractivity (Wildman–Crippen MR) is 92.2 cm³/mol. The van der Waals surface area contributed by atoms with Gasteiger partial charge in [0.15, 0.2) is 0 Å². The van der Waals surface area contributed by atoms with Crippen molar-refractivity contribution in [3.05, 3.63) is 35.4 Å². The van der Waals surface area contributed by atoms with E-state index < -0.39 is 17.8 Å². The van der Waals surface area contributed by atoms with Crippen LogP contribution in [-0.2, 0) is 11.0 Å². The van der Waals surface area contributed by atoms with Crippen LogP contribution in [0.4, 0.5) is 13.2 Å². The molecule has 138 valence electrons. The smallest absolute Gasteiger partial charge is 0.355 e. The quantitative estimate of drug-likeness (QED) is 0.823. The molecule has 2 atom stereocenters. The lowest BCUT2D eigenvalue weighted by Crippen LogP contribution is -2.48. The van der Waals surface area contributed by atoms with Crippen molar-refractivity contribution in [2.75, 3.05) is 6.54 Å². The number of benzene rings is 1. The number of hydrogen-bond donors (Lipinski definition) is 2. The van der Waals surface area contributed by atoms with E-state index in [1.165, 1.54) is 6.07 Å². The van der Waals surface area contributed by atoms with Crippen molar-refractivity contribution in [3.63, 3.8) is 0 Å². The molecule has 24 heavy (non-hydrogen) atoms. The number of hydrogen-bond acceptors (Lipinski definition) is 2. The van der Waals surface area contributed by atoms with Crippen molar-refractivity contribution in [2.24, 2.45) is 11.1 Å². The molecule has 3 N–H and O–H groups in total. The van der Waals surface area contributed by atoms with E-state index in [-0.39, 0.29) is 29.6 Å². The van der Waals surface area contributed by atoms with Gasteiger partial charge in [-0.1, -0.05) is 45.9 Å². The predicted octanol–water partition coefficient (Wildman–Crippen LogP) is 4.11. The Morgan fingerprint density at radius 2 is 1.83 bits per heavy atom. The van der Waals surface area contributed by atoms with Crippen molar-refractivity contribution in [1.82, 2.24) is 5.32 Å². The van der Waals surface area contributed by atoms with Crippen molar-refractivity contribution in [3.8, 4) is 0 Å². The molecule has 0 saturated heterocycles. The molecule has 1 aromatic rings. The molecule has 0 aliphatic rings. The molecule has 0 saturated carbocycles. The molecule has 0 aliphatic heterocycles. The largest absolute Gasteiger partial charge is 0.416 e. The van der Waals surface area contributed by atoms with Crippen LogP contribution in [0.2, 0.25) is 0 Å². The highest BCUT2D eigenvalue weighted by molar-refractivity contribution is 5.85. The van der Waals surface area contributed by atoms with Crippen LogP contribution in [-0.4, -0.2) is 18.5 Å². The molecule has 7 heteroatoms. The van der Waals surface area contributed by atoms with Gasteiger partial charge in [0.2, 0.25) is 5.91 Å². The average molecular weight is 367 g/mol. The summed E-state index contributed by atoms with van der Waals surface area (Å²) in [5.74, 6) is -0.336. The fourth-order valence-electron chi connectivity index (χ4n) is 2.10. The topological polar surface area (TPSA) is 55.1 Å². The van der Waals surface area contributed by atoms with Gasteiger partial charge in [-0.25, -0.2) is 0 Å². The van der Waals surface area contributed by atoms with E-state index in [0.29, 0.717) is 18.5 Å². The maximum absolute atomic E-state index is 12.7. The van der Waals surface area contributed by atoms with Crippen molar-refractivity contribution >= 4 is 18.3 Å². The molecule has 0 spiro atoms. The normalized spacial score (nSPS) is 14.5. The highest BCUT2D eigenvalue weighted by Gasteiger charge is 2.31. The van der Waals surface area contributed by atoms with Crippen LogP contribution in [0.1, 0.15) is 51.2 Å². The summed E-state index contributed by atoms with van der Waals surface area (Å²) < 4.78 is 38.2. The van der Waals surface area contributed by atoms with E-state index >= 15 is 0 Å². The number of carbonyl (C=O) groups is 1. The molecule has 0 aromatic heterocycles. The summed E-state index contributed by atoms with van der Waals surface area (Å²) in [5.41, 5.74) is 5.47. The molecule has 0 fully saturated rings. The number of halogens is 4. The minimum atomic E-state index is -4.34. The molecule has 0 heterocycles. The van der Waals surface area contributed by atoms with Gasteiger partial charge in [-0.05, 0) is 29.4 Å². The number of alkyl halides is 3. The van der Waals surface area contributed by atoms with E-state index in [4.69, 9.17) is 5.73 Å². The van der Waals surface area contributed by atoms with Gasteiger partial charge in [0.1, 0.15) is 0 Å². The summed E-state index contributed by atoms with van der Waals surface area (Å²) in [5, 5.41) is 2.75. The third-order valence-corrected chi connectivity index (χ3v) is 3.88. The maximum Gasteiger partial charge on any atom is 0.416 e. The minimum Gasteiger partial charge on any atom is -0.355 e. The zero-order chi connectivity index (χ0) is 17.8. The Morgan fingerprint density at radius 3 is 2.33 bits per heavy atom. The van der Waals surface area contributed by atoms with E-state index in [1.54, 1.807) is 6.07 Å². The Kier molecular flexibility index (Phi) is 8.26. The second kappa shape index (κ2) is 8.72. The summed E-state index contributed by atoms with van der Waals surface area (Å²) in [7, 11) is 0. The van der Waals surface area contributed by atoms with Gasteiger partial charge in [0.05, 0.1) is 11.6 Å². The van der Waals surface area contributed by atoms with E-state index in [0.717, 1.165) is 12.1 Å². The van der Waals surface area contributed by atoms with Crippen LogP contribution in [0.5, 0.6) is 0 Å². The zero-order valence-corrected chi connectivity index (χ0v) is 15.2. The van der Waals surface area contributed by atoms with Crippen LogP contribution in [0.15, 0.2) is 24.3 Å². The molecule has 1 unspecified atom stereocenters. The number of rotatable bonds is 5. The SMILES string of the molecule is CC(CCNC(=O)[C@@H](N)C(C)(C)C)c1cccc(C(F)(F)F)c1.Cl. The highest BCUT2D eigenvalue weighted by atomic mass is 35.5. The Hall–Kier alpha value is -1.27. The number of carbonyl (C=O) groups excluding carboxylic acids is 1. The molecule has 0 aliphatic carbocycles. The average Bonchev–Trinajstić information content (AvgIpc) is 2.44. The summed E-state index contributed by atoms with van der Waals surface area (Å²) in [6.07, 6.45) is -3.80. The van der Waals surface area contributed by atoms with Crippen molar-refractivity contribution < 1.29 is 18.0 Å². The molecule has 0 bridgehead atoms. The van der Waals surface area contributed by atoms with Gasteiger partial charge in [0, 0.05) is 6.54 Å². The molecule has 1 amide bonds. The first-order valence-electron chi connectivity index (χ1n) is 7.63. The highest BCUT2D eigenvalue weighted by Crippen LogP contribution is 2.31. The zero-order valence-electron chi connectivity index (χ0n) is 14.4. The molecule has 1 aromatic carbocycles. The number of nitrogens with one attached hydrogen (secondary N) is 1. The lowest BCUT2D eigenvalue weighted by molar-refractivity contribution is -0.137. The van der Waals surface area contributed by atoms with E-state index in [1.807, 2.05) is 27.7 Å². The van der Waals surface area contributed by atoms with Crippen LogP contribution in [0, 0.1) is 5.41 Å². The summed E-state index contributed by atoms with van der Waals surface area (Å²) in [6.45, 7) is 7.85. The number of amides is 1. The van der Waals surface area contributed by atoms with Crippen LogP contribution in [0.25, 0.3) is 0 Å². The van der Waals surface area contributed by atoms with Crippen LogP contribution < -0.4 is 11.1 Å². The minimum absolute atomic E-state index is 0. The van der Waals surface area contributed by atoms with Gasteiger partial charge < -0.3 is 11.1 Å². The van der Waals surface area contributed by atoms with E-state index in [2.05, 4.69) is 5.32 Å². The fourth-order valence-corrected chi connectivity index (χ4v) is 2.10. The van der Waals surface area contributed by atoms with Gasteiger partial charge in [-0.15, -0.1) is 12.4 Å². The van der Waals surface area contributed by atoms with Gasteiger partial charge in [-0.3, -0.25) is 4.79 Å². The summed E-state index contributed by atoms with van der Waals surface area (Å²) in [4.78, 5) is 11.9. The van der Waals surface area contributed by atoms with Crippen LogP contribution in [0.3, 0.4) is 0 Å². The van der Waals surface area contributed by atoms with Gasteiger partial charge >= 0.3 is 6.18 Å². The molecular weight excluding hydrogens is 341 g/mol. The van der Waals surface area contributed by atoms with Crippen molar-refractivity contribution in [1.29, 1.82) is 0 Å². The Balaban J connectivity index is 0.00000529. The van der Waals surface area contributed by atoms with Gasteiger partial charge in [-0.2, -0.15) is 13.2 Å². The first-order chi connectivity index (χ1) is 10.4. The van der Waals surface area contributed by atoms with E-state index in [9.17, 15) is 18.0 Å². The second-order valence-electron chi connectivity index (χ2n) is 6.95. The van der Waals surface area contributed by atoms with Crippen LogP contribution >= 0.6 is 12.4 Å². The second-order valence-corrected chi connectivity index (χ2v) is 6.95. The first kappa shape index (κ1) is 22.7. The summed E-state index contributed by atoms with van der Waals surface area (Å²) >= 11 is 0. The Morgan fingerprint density at radius 1 is 1.25 bits per heavy atom. The monoisotopic (exact) mass is 366 g/mol. The number of nitrogens with two attached hydrogens (primary N) is 1. The third-order valence-electron chi connectivity index (χ3n) is 3.88. The standard InChI is InChI=1S/C17H25F3N2O.ClH/c1-11(8-9-22-15(23)14(21)16(2,3)4)12-6-5-7-13(10-12)17(18,19)20;/h5-7,10-11,14H,8-9,21H2,1-4H3,(H,22,23);1H/t11?,14-;/m1./s1. The fraction of sp³-hybridized carbons (Fsp3) is 0.588. The molecule has 3 nitrogen and oxygen atoms in total. The summed E-state index contributed by atoms with van der Waals surface area (Å²) in [6, 6.07) is 4.67. The maximum atomic E-state index is 12.7. The first-order valence-corrected chi connectivity index (χ1v) is 7.63. The molecule has 0 radical (unpaired) electrons. The molecule has 1 rings (SSSR count). The van der Waals surface area contributed by atoms with Crippen molar-refractivity contribution in [2.45, 2.75) is 52.3 Å². The lowest BCUT2D eigenvalue weighted by atomic mass is 9.87. The molecular formula is C17H26ClF3N2O. The lowest BCUT2D eigenvalue weighted by Gasteiger charge is -2.26. The van der Waals surface area contributed by atoms with Gasteiger partial charge in [0.25, 0.3) is 0 Å².